The zero-order valence-electron chi connectivity index (χ0n) is 16.2. The van der Waals surface area contributed by atoms with Gasteiger partial charge in [0.15, 0.2) is 0 Å². The molecule has 28 heavy (non-hydrogen) atoms. The summed E-state index contributed by atoms with van der Waals surface area (Å²) in [7, 11) is 2.15. The van der Waals surface area contributed by atoms with Gasteiger partial charge in [0.05, 0.1) is 10.7 Å². The summed E-state index contributed by atoms with van der Waals surface area (Å²) >= 11 is 12.5. The highest BCUT2D eigenvalue weighted by atomic mass is 35.5. The highest BCUT2D eigenvalue weighted by Gasteiger charge is 2.22. The van der Waals surface area contributed by atoms with Crippen molar-refractivity contribution in [3.05, 3.63) is 64.1 Å². The molecule has 0 bridgehead atoms. The molecule has 0 heterocycles. The van der Waals surface area contributed by atoms with Crippen molar-refractivity contribution < 1.29 is 0 Å². The van der Waals surface area contributed by atoms with Gasteiger partial charge in [-0.1, -0.05) is 53.5 Å². The van der Waals surface area contributed by atoms with Crippen LogP contribution in [0.5, 0.6) is 0 Å². The number of hydrogen-bond donors (Lipinski definition) is 1. The number of nitrogens with one attached hydrogen (secondary N) is 1. The smallest absolute Gasteiger partial charge is 0.0639 e. The molecule has 1 saturated carbocycles. The van der Waals surface area contributed by atoms with Gasteiger partial charge in [-0.3, -0.25) is 0 Å². The Morgan fingerprint density at radius 3 is 2.07 bits per heavy atom. The van der Waals surface area contributed by atoms with E-state index in [2.05, 4.69) is 35.5 Å². The van der Waals surface area contributed by atoms with E-state index >= 15 is 0 Å². The molecule has 0 saturated heterocycles. The molecule has 0 unspecified atom stereocenters. The summed E-state index contributed by atoms with van der Waals surface area (Å²) in [4.78, 5) is 2.31. The normalized spacial score (nSPS) is 18.7. The standard InChI is InChI=1S/C22H28Cl2N2.2ClH/c1-26(22-9-5-4-8-21(22)24)16-18-12-10-17(11-13-18)14-25-15-19-6-2-3-7-20(19)23;;/h2-9,17-18,25H,10-16H2,1H3;2*1H. The van der Waals surface area contributed by atoms with Crippen LogP contribution in [0.1, 0.15) is 31.2 Å². The van der Waals surface area contributed by atoms with Crippen molar-refractivity contribution in [3.8, 4) is 0 Å². The lowest BCUT2D eigenvalue weighted by molar-refractivity contribution is 0.270. The predicted octanol–water partition coefficient (Wildman–Crippen LogP) is 6.87. The van der Waals surface area contributed by atoms with Gasteiger partial charge in [0, 0.05) is 25.2 Å². The van der Waals surface area contributed by atoms with Gasteiger partial charge >= 0.3 is 0 Å². The monoisotopic (exact) mass is 462 g/mol. The Balaban J connectivity index is 0.00000196. The summed E-state index contributed by atoms with van der Waals surface area (Å²) in [5.74, 6) is 1.54. The number of halogens is 4. The van der Waals surface area contributed by atoms with Crippen LogP contribution in [-0.2, 0) is 6.54 Å². The van der Waals surface area contributed by atoms with Gasteiger partial charge in [-0.15, -0.1) is 24.8 Å². The second-order valence-corrected chi connectivity index (χ2v) is 8.26. The number of anilines is 1. The Labute approximate surface area is 191 Å². The average molecular weight is 464 g/mol. The van der Waals surface area contributed by atoms with Crippen molar-refractivity contribution in [1.82, 2.24) is 5.32 Å². The van der Waals surface area contributed by atoms with E-state index in [-0.39, 0.29) is 24.8 Å². The van der Waals surface area contributed by atoms with Crippen molar-refractivity contribution in [1.29, 1.82) is 0 Å². The summed E-state index contributed by atoms with van der Waals surface area (Å²) < 4.78 is 0. The topological polar surface area (TPSA) is 15.3 Å². The SMILES string of the molecule is CN(CC1CCC(CNCc2ccccc2Cl)CC1)c1ccccc1Cl.Cl.Cl. The Bertz CT molecular complexity index is 702. The first-order valence-corrected chi connectivity index (χ1v) is 10.3. The molecule has 1 N–H and O–H groups in total. The fraction of sp³-hybridized carbons (Fsp3) is 0.455. The third-order valence-corrected chi connectivity index (χ3v) is 6.16. The zero-order valence-corrected chi connectivity index (χ0v) is 19.4. The molecule has 0 amide bonds. The lowest BCUT2D eigenvalue weighted by atomic mass is 9.81. The summed E-state index contributed by atoms with van der Waals surface area (Å²) in [6.07, 6.45) is 5.20. The first-order chi connectivity index (χ1) is 12.6. The molecule has 0 aliphatic heterocycles. The molecular formula is C22H30Cl4N2. The van der Waals surface area contributed by atoms with Gasteiger partial charge in [0.2, 0.25) is 0 Å². The maximum atomic E-state index is 6.32. The lowest BCUT2D eigenvalue weighted by Crippen LogP contribution is -2.31. The van der Waals surface area contributed by atoms with Crippen LogP contribution in [0.4, 0.5) is 5.69 Å². The fourth-order valence-electron chi connectivity index (χ4n) is 3.92. The van der Waals surface area contributed by atoms with Crippen LogP contribution >= 0.6 is 48.0 Å². The van der Waals surface area contributed by atoms with E-state index in [0.717, 1.165) is 47.2 Å². The van der Waals surface area contributed by atoms with E-state index in [9.17, 15) is 0 Å². The zero-order chi connectivity index (χ0) is 18.4. The first kappa shape index (κ1) is 25.4. The highest BCUT2D eigenvalue weighted by molar-refractivity contribution is 6.33. The van der Waals surface area contributed by atoms with Gasteiger partial charge < -0.3 is 10.2 Å². The second-order valence-electron chi connectivity index (χ2n) is 7.44. The maximum absolute atomic E-state index is 6.32. The van der Waals surface area contributed by atoms with Crippen LogP contribution in [0.2, 0.25) is 10.0 Å². The van der Waals surface area contributed by atoms with Crippen molar-refractivity contribution in [2.45, 2.75) is 32.2 Å². The molecule has 0 aromatic heterocycles. The molecule has 0 radical (unpaired) electrons. The van der Waals surface area contributed by atoms with Crippen LogP contribution in [0.25, 0.3) is 0 Å². The Morgan fingerprint density at radius 1 is 0.857 bits per heavy atom. The molecule has 0 atom stereocenters. The van der Waals surface area contributed by atoms with Gasteiger partial charge in [0.25, 0.3) is 0 Å². The van der Waals surface area contributed by atoms with Crippen LogP contribution in [0.3, 0.4) is 0 Å². The van der Waals surface area contributed by atoms with E-state index < -0.39 is 0 Å². The van der Waals surface area contributed by atoms with Crippen molar-refractivity contribution in [2.75, 3.05) is 25.0 Å². The van der Waals surface area contributed by atoms with Crippen LogP contribution in [0, 0.1) is 11.8 Å². The molecule has 2 nitrogen and oxygen atoms in total. The van der Waals surface area contributed by atoms with Gasteiger partial charge in [-0.25, -0.2) is 0 Å². The average Bonchev–Trinajstić information content (AvgIpc) is 2.65. The molecule has 6 heteroatoms. The summed E-state index contributed by atoms with van der Waals surface area (Å²) in [5.41, 5.74) is 2.32. The highest BCUT2D eigenvalue weighted by Crippen LogP contribution is 2.31. The molecule has 1 aliphatic carbocycles. The molecule has 156 valence electrons. The first-order valence-electron chi connectivity index (χ1n) is 9.53. The summed E-state index contributed by atoms with van der Waals surface area (Å²) in [6.45, 7) is 3.02. The second kappa shape index (κ2) is 12.8. The van der Waals surface area contributed by atoms with Gasteiger partial charge in [-0.05, 0) is 67.8 Å². The molecule has 2 aromatic carbocycles. The van der Waals surface area contributed by atoms with Crippen molar-refractivity contribution in [2.24, 2.45) is 11.8 Å². The molecule has 3 rings (SSSR count). The Hall–Kier alpha value is -0.640. The number of nitrogens with zero attached hydrogens (tertiary/aromatic N) is 1. The van der Waals surface area contributed by atoms with Crippen molar-refractivity contribution >= 4 is 53.7 Å². The number of benzene rings is 2. The third kappa shape index (κ3) is 7.31. The number of para-hydroxylation sites is 1. The van der Waals surface area contributed by atoms with Crippen LogP contribution < -0.4 is 10.2 Å². The van der Waals surface area contributed by atoms with Crippen molar-refractivity contribution in [3.63, 3.8) is 0 Å². The van der Waals surface area contributed by atoms with Crippen LogP contribution in [0.15, 0.2) is 48.5 Å². The quantitative estimate of drug-likeness (QED) is 0.481. The summed E-state index contributed by atoms with van der Waals surface area (Å²) in [5, 5.41) is 5.28. The van der Waals surface area contributed by atoms with E-state index in [1.54, 1.807) is 0 Å². The number of rotatable bonds is 7. The van der Waals surface area contributed by atoms with E-state index in [1.165, 1.54) is 31.2 Å². The molecule has 1 aliphatic rings. The Kier molecular flexibility index (Phi) is 11.6. The predicted molar refractivity (Wildman–Crippen MR) is 128 cm³/mol. The summed E-state index contributed by atoms with van der Waals surface area (Å²) in [6, 6.07) is 16.2. The van der Waals surface area contributed by atoms with Gasteiger partial charge in [0.1, 0.15) is 0 Å². The fourth-order valence-corrected chi connectivity index (χ4v) is 4.40. The van der Waals surface area contributed by atoms with Crippen LogP contribution in [-0.4, -0.2) is 20.1 Å². The molecule has 1 fully saturated rings. The van der Waals surface area contributed by atoms with E-state index in [4.69, 9.17) is 23.2 Å². The van der Waals surface area contributed by atoms with E-state index in [0.29, 0.717) is 0 Å². The minimum Gasteiger partial charge on any atom is -0.373 e. The molecular weight excluding hydrogens is 434 g/mol. The molecule has 0 spiro atoms. The largest absolute Gasteiger partial charge is 0.373 e. The number of hydrogen-bond acceptors (Lipinski definition) is 2. The lowest BCUT2D eigenvalue weighted by Gasteiger charge is -2.32. The minimum absolute atomic E-state index is 0. The van der Waals surface area contributed by atoms with E-state index in [1.807, 2.05) is 30.3 Å². The minimum atomic E-state index is 0. The third-order valence-electron chi connectivity index (χ3n) is 5.47. The maximum Gasteiger partial charge on any atom is 0.0639 e. The molecule has 2 aromatic rings. The van der Waals surface area contributed by atoms with Gasteiger partial charge in [-0.2, -0.15) is 0 Å². The Morgan fingerprint density at radius 2 is 1.43 bits per heavy atom.